The van der Waals surface area contributed by atoms with Crippen molar-refractivity contribution in [2.24, 2.45) is 0 Å². The highest BCUT2D eigenvalue weighted by Crippen LogP contribution is 2.52. The lowest BCUT2D eigenvalue weighted by Gasteiger charge is -2.32. The Hall–Kier alpha value is -4.02. The maximum atomic E-state index is 13.6. The third-order valence-corrected chi connectivity index (χ3v) is 9.96. The van der Waals surface area contributed by atoms with Gasteiger partial charge in [-0.25, -0.2) is 13.4 Å². The maximum Gasteiger partial charge on any atom is 0.262 e. The molecule has 0 radical (unpaired) electrons. The van der Waals surface area contributed by atoms with Crippen molar-refractivity contribution in [2.75, 3.05) is 43.9 Å². The van der Waals surface area contributed by atoms with E-state index in [1.165, 1.54) is 0 Å². The van der Waals surface area contributed by atoms with Crippen LogP contribution >= 0.6 is 0 Å². The maximum absolute atomic E-state index is 13.6. The normalized spacial score (nSPS) is 16.2. The van der Waals surface area contributed by atoms with Crippen LogP contribution in [0.2, 0.25) is 0 Å². The van der Waals surface area contributed by atoms with Gasteiger partial charge in [0, 0.05) is 36.3 Å². The van der Waals surface area contributed by atoms with Crippen LogP contribution in [0, 0.1) is 0 Å². The second kappa shape index (κ2) is 11.6. The standard InChI is InChI=1S/C33H37N5O4S/c1-37(2)17-10-18-42-31-28(36-43(40,41)25-11-6-4-7-12-25)20-24(21-35-31)23-13-14-27-26(19-23)30-29(22-34-27)38(3)32(39)33(30)15-8-5-9-16-33/h4,6-7,11-14,19-22,36H,5,8-10,15-18H2,1-3H3. The number of likely N-dealkylation sites (N-methyl/N-ethyl adjacent to an activating group) is 1. The summed E-state index contributed by atoms with van der Waals surface area (Å²) in [5, 5.41) is 0.949. The average Bonchev–Trinajstić information content (AvgIpc) is 3.21. The molecular weight excluding hydrogens is 562 g/mol. The number of benzene rings is 2. The van der Waals surface area contributed by atoms with Gasteiger partial charge in [0.2, 0.25) is 11.8 Å². The Kier molecular flexibility index (Phi) is 7.83. The molecule has 0 bridgehead atoms. The zero-order chi connectivity index (χ0) is 30.2. The monoisotopic (exact) mass is 599 g/mol. The Morgan fingerprint density at radius 3 is 2.49 bits per heavy atom. The minimum absolute atomic E-state index is 0.150. The van der Waals surface area contributed by atoms with Crippen molar-refractivity contribution in [1.29, 1.82) is 0 Å². The quantitative estimate of drug-likeness (QED) is 0.250. The van der Waals surface area contributed by atoms with Crippen molar-refractivity contribution in [3.63, 3.8) is 0 Å². The van der Waals surface area contributed by atoms with Crippen LogP contribution in [0.15, 0.2) is 71.9 Å². The predicted molar refractivity (Wildman–Crippen MR) is 169 cm³/mol. The van der Waals surface area contributed by atoms with E-state index in [-0.39, 0.29) is 22.4 Å². The summed E-state index contributed by atoms with van der Waals surface area (Å²) in [4.78, 5) is 26.9. The Morgan fingerprint density at radius 2 is 1.74 bits per heavy atom. The number of hydrogen-bond acceptors (Lipinski definition) is 7. The molecule has 1 aliphatic carbocycles. The highest BCUT2D eigenvalue weighted by Gasteiger charge is 2.51. The Labute approximate surface area is 253 Å². The fourth-order valence-corrected chi connectivity index (χ4v) is 7.50. The number of carbonyl (C=O) groups is 1. The molecule has 43 heavy (non-hydrogen) atoms. The largest absolute Gasteiger partial charge is 0.476 e. The molecule has 1 saturated carbocycles. The van der Waals surface area contributed by atoms with E-state index in [0.29, 0.717) is 6.61 Å². The van der Waals surface area contributed by atoms with Crippen molar-refractivity contribution in [2.45, 2.75) is 48.8 Å². The molecule has 1 fully saturated rings. The molecule has 1 N–H and O–H groups in total. The Bertz CT molecular complexity index is 1770. The molecule has 3 heterocycles. The van der Waals surface area contributed by atoms with Crippen molar-refractivity contribution in [3.8, 4) is 17.0 Å². The minimum atomic E-state index is -3.88. The molecule has 4 aromatic rings. The van der Waals surface area contributed by atoms with E-state index in [1.54, 1.807) is 47.5 Å². The summed E-state index contributed by atoms with van der Waals surface area (Å²) >= 11 is 0. The van der Waals surface area contributed by atoms with Crippen LogP contribution in [0.1, 0.15) is 44.1 Å². The lowest BCUT2D eigenvalue weighted by atomic mass is 9.69. The van der Waals surface area contributed by atoms with Crippen LogP contribution in [0.4, 0.5) is 11.4 Å². The van der Waals surface area contributed by atoms with Gasteiger partial charge in [0.15, 0.2) is 0 Å². The van der Waals surface area contributed by atoms with E-state index >= 15 is 0 Å². The molecule has 1 aliphatic heterocycles. The number of nitrogens with one attached hydrogen (secondary N) is 1. The van der Waals surface area contributed by atoms with Crippen LogP contribution in [0.25, 0.3) is 22.0 Å². The number of amides is 1. The number of fused-ring (bicyclic) bond motifs is 4. The van der Waals surface area contributed by atoms with Gasteiger partial charge in [-0.3, -0.25) is 14.5 Å². The first-order valence-electron chi connectivity index (χ1n) is 14.8. The Morgan fingerprint density at radius 1 is 0.977 bits per heavy atom. The lowest BCUT2D eigenvalue weighted by molar-refractivity contribution is -0.124. The van der Waals surface area contributed by atoms with Gasteiger partial charge < -0.3 is 14.5 Å². The average molecular weight is 600 g/mol. The highest BCUT2D eigenvalue weighted by atomic mass is 32.2. The number of anilines is 2. The first-order valence-corrected chi connectivity index (χ1v) is 16.3. The number of sulfonamides is 1. The van der Waals surface area contributed by atoms with Gasteiger partial charge in [-0.2, -0.15) is 0 Å². The molecule has 224 valence electrons. The fourth-order valence-electron chi connectivity index (χ4n) is 6.43. The first kappa shape index (κ1) is 29.1. The number of ether oxygens (including phenoxy) is 1. The number of rotatable bonds is 9. The third kappa shape index (κ3) is 5.45. The molecule has 0 saturated heterocycles. The molecular formula is C33H37N5O4S. The molecule has 1 amide bonds. The van der Waals surface area contributed by atoms with Gasteiger partial charge in [0.25, 0.3) is 10.0 Å². The number of hydrogen-bond donors (Lipinski definition) is 1. The van der Waals surface area contributed by atoms with Crippen LogP contribution < -0.4 is 14.4 Å². The van der Waals surface area contributed by atoms with E-state index < -0.39 is 15.4 Å². The van der Waals surface area contributed by atoms with Crippen LogP contribution in [-0.4, -0.2) is 63.5 Å². The van der Waals surface area contributed by atoms with E-state index in [9.17, 15) is 13.2 Å². The van der Waals surface area contributed by atoms with Gasteiger partial charge >= 0.3 is 0 Å². The molecule has 2 aromatic heterocycles. The zero-order valence-electron chi connectivity index (χ0n) is 24.8. The topological polar surface area (TPSA) is 105 Å². The zero-order valence-corrected chi connectivity index (χ0v) is 25.7. The summed E-state index contributed by atoms with van der Waals surface area (Å²) < 4.78 is 35.3. The number of pyridine rings is 2. The summed E-state index contributed by atoms with van der Waals surface area (Å²) in [6, 6.07) is 16.0. The van der Waals surface area contributed by atoms with E-state index in [2.05, 4.69) is 20.7 Å². The molecule has 9 nitrogen and oxygen atoms in total. The van der Waals surface area contributed by atoms with Crippen molar-refractivity contribution >= 4 is 38.2 Å². The molecule has 1 spiro atoms. The van der Waals surface area contributed by atoms with Gasteiger partial charge in [-0.05, 0) is 69.3 Å². The predicted octanol–water partition coefficient (Wildman–Crippen LogP) is 5.61. The number of nitrogens with zero attached hydrogens (tertiary/aromatic N) is 4. The molecule has 2 aromatic carbocycles. The van der Waals surface area contributed by atoms with Crippen LogP contribution in [0.5, 0.6) is 5.88 Å². The van der Waals surface area contributed by atoms with E-state index in [1.807, 2.05) is 39.5 Å². The second-order valence-electron chi connectivity index (χ2n) is 11.8. The molecule has 2 aliphatic rings. The number of aromatic nitrogens is 2. The summed E-state index contributed by atoms with van der Waals surface area (Å²) in [5.74, 6) is 0.371. The van der Waals surface area contributed by atoms with Crippen LogP contribution in [0.3, 0.4) is 0 Å². The molecule has 6 rings (SSSR count). The minimum Gasteiger partial charge on any atom is -0.476 e. The smallest absolute Gasteiger partial charge is 0.262 e. The van der Waals surface area contributed by atoms with Crippen molar-refractivity contribution in [1.82, 2.24) is 14.9 Å². The van der Waals surface area contributed by atoms with Gasteiger partial charge in [-0.15, -0.1) is 0 Å². The summed E-state index contributed by atoms with van der Waals surface area (Å²) in [6.07, 6.45) is 9.13. The second-order valence-corrected chi connectivity index (χ2v) is 13.4. The fraction of sp³-hybridized carbons (Fsp3) is 0.364. The third-order valence-electron chi connectivity index (χ3n) is 8.58. The van der Waals surface area contributed by atoms with Crippen molar-refractivity contribution in [3.05, 3.63) is 72.6 Å². The summed E-state index contributed by atoms with van der Waals surface area (Å²) in [6.45, 7) is 1.22. The SMILES string of the molecule is CN(C)CCCOc1ncc(-c2ccc3ncc4c(c3c2)C2(CCCCC2)C(=O)N4C)cc1NS(=O)(=O)c1ccccc1. The van der Waals surface area contributed by atoms with E-state index in [0.717, 1.165) is 78.4 Å². The van der Waals surface area contributed by atoms with Crippen molar-refractivity contribution < 1.29 is 17.9 Å². The van der Waals surface area contributed by atoms with E-state index in [4.69, 9.17) is 9.72 Å². The Balaban J connectivity index is 1.42. The van der Waals surface area contributed by atoms with Gasteiger partial charge in [0.1, 0.15) is 5.69 Å². The van der Waals surface area contributed by atoms with Gasteiger partial charge in [-0.1, -0.05) is 43.5 Å². The molecule has 0 atom stereocenters. The van der Waals surface area contributed by atoms with Crippen LogP contribution in [-0.2, 0) is 20.2 Å². The van der Waals surface area contributed by atoms with Gasteiger partial charge in [0.05, 0.1) is 34.3 Å². The molecule has 0 unspecified atom stereocenters. The highest BCUT2D eigenvalue weighted by molar-refractivity contribution is 7.92. The molecule has 10 heteroatoms. The summed E-state index contributed by atoms with van der Waals surface area (Å²) in [7, 11) is 1.94. The number of carbonyl (C=O) groups excluding carboxylic acids is 1. The summed E-state index contributed by atoms with van der Waals surface area (Å²) in [5.41, 5.74) is 4.07. The lowest BCUT2D eigenvalue weighted by Crippen LogP contribution is -2.40. The first-order chi connectivity index (χ1) is 20.7.